The number of hydrogen-bond donors (Lipinski definition) is 3. The van der Waals surface area contributed by atoms with Gasteiger partial charge in [-0.25, -0.2) is 9.59 Å². The van der Waals surface area contributed by atoms with Crippen LogP contribution in [0.5, 0.6) is 0 Å². The normalized spacial score (nSPS) is 14.5. The highest BCUT2D eigenvalue weighted by molar-refractivity contribution is 6.00. The van der Waals surface area contributed by atoms with Gasteiger partial charge in [0.05, 0.1) is 5.56 Å². The number of aromatic amines is 1. The Bertz CT molecular complexity index is 840. The minimum Gasteiger partial charge on any atom is -0.449 e. The lowest BCUT2D eigenvalue weighted by molar-refractivity contribution is -0.127. The first kappa shape index (κ1) is 17.0. The van der Waals surface area contributed by atoms with Gasteiger partial charge in [-0.2, -0.15) is 0 Å². The third kappa shape index (κ3) is 3.50. The number of rotatable bonds is 3. The SMILES string of the molecule is CNC(=O)NC(=O)[C@@H](C)OC(=O)c1ccc2[nH]c3c(c2c1)CCCC3. The van der Waals surface area contributed by atoms with Crippen molar-refractivity contribution in [3.63, 3.8) is 0 Å². The highest BCUT2D eigenvalue weighted by Crippen LogP contribution is 2.29. The Kier molecular flexibility index (Phi) is 4.74. The molecule has 0 radical (unpaired) electrons. The quantitative estimate of drug-likeness (QED) is 0.743. The maximum absolute atomic E-state index is 12.3. The Hall–Kier alpha value is -2.83. The van der Waals surface area contributed by atoms with E-state index in [2.05, 4.69) is 15.6 Å². The zero-order valence-electron chi connectivity index (χ0n) is 14.3. The molecule has 1 aliphatic carbocycles. The molecule has 1 atom stereocenters. The standard InChI is InChI=1S/C18H21N3O4/c1-10(16(22)21-18(24)19-2)25-17(23)11-7-8-15-13(9-11)12-5-3-4-6-14(12)20-15/h7-10,20H,3-6H2,1-2H3,(H2,19,21,22,24)/t10-/m1/s1. The predicted molar refractivity (Wildman–Crippen MR) is 92.4 cm³/mol. The van der Waals surface area contributed by atoms with E-state index in [1.54, 1.807) is 6.07 Å². The van der Waals surface area contributed by atoms with E-state index in [9.17, 15) is 14.4 Å². The summed E-state index contributed by atoms with van der Waals surface area (Å²) in [4.78, 5) is 38.7. The molecule has 3 amide bonds. The molecule has 7 nitrogen and oxygen atoms in total. The zero-order valence-corrected chi connectivity index (χ0v) is 14.3. The number of imide groups is 1. The van der Waals surface area contributed by atoms with Crippen LogP contribution in [0.25, 0.3) is 10.9 Å². The molecule has 2 aromatic rings. The summed E-state index contributed by atoms with van der Waals surface area (Å²) in [7, 11) is 1.39. The molecule has 25 heavy (non-hydrogen) atoms. The van der Waals surface area contributed by atoms with Crippen molar-refractivity contribution in [2.45, 2.75) is 38.7 Å². The first-order valence-corrected chi connectivity index (χ1v) is 8.36. The van der Waals surface area contributed by atoms with Crippen molar-refractivity contribution in [1.29, 1.82) is 0 Å². The second-order valence-corrected chi connectivity index (χ2v) is 6.17. The Morgan fingerprint density at radius 3 is 2.72 bits per heavy atom. The second-order valence-electron chi connectivity index (χ2n) is 6.17. The van der Waals surface area contributed by atoms with E-state index in [0.717, 1.165) is 30.2 Å². The molecule has 0 saturated heterocycles. The van der Waals surface area contributed by atoms with Crippen molar-refractivity contribution in [2.24, 2.45) is 0 Å². The van der Waals surface area contributed by atoms with Crippen molar-refractivity contribution in [2.75, 3.05) is 7.05 Å². The lowest BCUT2D eigenvalue weighted by atomic mass is 9.95. The number of carbonyl (C=O) groups excluding carboxylic acids is 3. The second kappa shape index (κ2) is 6.96. The van der Waals surface area contributed by atoms with Gasteiger partial charge in [-0.05, 0) is 56.4 Å². The van der Waals surface area contributed by atoms with Crippen LogP contribution in [0.2, 0.25) is 0 Å². The van der Waals surface area contributed by atoms with E-state index in [1.165, 1.54) is 31.6 Å². The molecule has 132 valence electrons. The first-order valence-electron chi connectivity index (χ1n) is 8.36. The predicted octanol–water partition coefficient (Wildman–Crippen LogP) is 2.05. The van der Waals surface area contributed by atoms with E-state index in [-0.39, 0.29) is 0 Å². The fraction of sp³-hybridized carbons (Fsp3) is 0.389. The number of aromatic nitrogens is 1. The fourth-order valence-corrected chi connectivity index (χ4v) is 3.09. The monoisotopic (exact) mass is 343 g/mol. The fourth-order valence-electron chi connectivity index (χ4n) is 3.09. The number of urea groups is 1. The van der Waals surface area contributed by atoms with E-state index in [1.807, 2.05) is 12.1 Å². The van der Waals surface area contributed by atoms with Crippen molar-refractivity contribution >= 4 is 28.8 Å². The van der Waals surface area contributed by atoms with Crippen LogP contribution >= 0.6 is 0 Å². The topological polar surface area (TPSA) is 100 Å². The highest BCUT2D eigenvalue weighted by Gasteiger charge is 2.22. The number of hydrogen-bond acceptors (Lipinski definition) is 4. The number of esters is 1. The summed E-state index contributed by atoms with van der Waals surface area (Å²) >= 11 is 0. The minimum absolute atomic E-state index is 0.388. The Labute approximate surface area is 145 Å². The number of ether oxygens (including phenoxy) is 1. The number of H-pyrrole nitrogens is 1. The number of amides is 3. The number of benzene rings is 1. The van der Waals surface area contributed by atoms with E-state index < -0.39 is 24.0 Å². The molecule has 0 saturated carbocycles. The third-order valence-corrected chi connectivity index (χ3v) is 4.45. The highest BCUT2D eigenvalue weighted by atomic mass is 16.5. The number of fused-ring (bicyclic) bond motifs is 3. The maximum Gasteiger partial charge on any atom is 0.338 e. The molecule has 0 spiro atoms. The summed E-state index contributed by atoms with van der Waals surface area (Å²) in [5.74, 6) is -1.26. The van der Waals surface area contributed by atoms with Gasteiger partial charge < -0.3 is 15.0 Å². The van der Waals surface area contributed by atoms with Crippen LogP contribution in [-0.4, -0.2) is 36.0 Å². The van der Waals surface area contributed by atoms with E-state index >= 15 is 0 Å². The molecule has 1 aromatic carbocycles. The van der Waals surface area contributed by atoms with Crippen molar-refractivity contribution < 1.29 is 19.1 Å². The van der Waals surface area contributed by atoms with Gasteiger partial charge in [0.2, 0.25) is 0 Å². The zero-order chi connectivity index (χ0) is 18.0. The number of nitrogens with one attached hydrogen (secondary N) is 3. The summed E-state index contributed by atoms with van der Waals surface area (Å²) < 4.78 is 5.17. The van der Waals surface area contributed by atoms with Crippen LogP contribution in [0.3, 0.4) is 0 Å². The Balaban J connectivity index is 1.76. The van der Waals surface area contributed by atoms with Gasteiger partial charge in [-0.15, -0.1) is 0 Å². The van der Waals surface area contributed by atoms with Crippen LogP contribution in [0.1, 0.15) is 41.4 Å². The van der Waals surface area contributed by atoms with Gasteiger partial charge >= 0.3 is 12.0 Å². The van der Waals surface area contributed by atoms with Crippen LogP contribution in [0, 0.1) is 0 Å². The number of aryl methyl sites for hydroxylation is 2. The molecular formula is C18H21N3O4. The van der Waals surface area contributed by atoms with Crippen molar-refractivity contribution in [3.8, 4) is 0 Å². The lowest BCUT2D eigenvalue weighted by Crippen LogP contribution is -2.43. The molecule has 0 bridgehead atoms. The van der Waals surface area contributed by atoms with Gasteiger partial charge in [-0.3, -0.25) is 10.1 Å². The summed E-state index contributed by atoms with van der Waals surface area (Å²) in [5.41, 5.74) is 3.90. The average molecular weight is 343 g/mol. The lowest BCUT2D eigenvalue weighted by Gasteiger charge is -2.13. The largest absolute Gasteiger partial charge is 0.449 e. The van der Waals surface area contributed by atoms with Gasteiger partial charge in [0.15, 0.2) is 6.10 Å². The van der Waals surface area contributed by atoms with Crippen LogP contribution in [-0.2, 0) is 22.4 Å². The molecule has 3 N–H and O–H groups in total. The first-order chi connectivity index (χ1) is 12.0. The molecule has 1 aromatic heterocycles. The maximum atomic E-state index is 12.3. The van der Waals surface area contributed by atoms with Crippen LogP contribution < -0.4 is 10.6 Å². The van der Waals surface area contributed by atoms with Crippen LogP contribution in [0.4, 0.5) is 4.79 Å². The summed E-state index contributed by atoms with van der Waals surface area (Å²) in [5, 5.41) is 5.38. The molecule has 3 rings (SSSR count). The van der Waals surface area contributed by atoms with E-state index in [4.69, 9.17) is 4.74 Å². The molecule has 0 unspecified atom stereocenters. The Morgan fingerprint density at radius 1 is 1.20 bits per heavy atom. The molecule has 7 heteroatoms. The minimum atomic E-state index is -1.07. The van der Waals surface area contributed by atoms with Gasteiger partial charge in [0.1, 0.15) is 0 Å². The van der Waals surface area contributed by atoms with Crippen molar-refractivity contribution in [1.82, 2.24) is 15.6 Å². The molecular weight excluding hydrogens is 322 g/mol. The Morgan fingerprint density at radius 2 is 1.96 bits per heavy atom. The molecule has 0 aliphatic heterocycles. The summed E-state index contributed by atoms with van der Waals surface area (Å²) in [6.07, 6.45) is 3.28. The van der Waals surface area contributed by atoms with Gasteiger partial charge in [0, 0.05) is 23.6 Å². The van der Waals surface area contributed by atoms with Gasteiger partial charge in [-0.1, -0.05) is 0 Å². The molecule has 1 heterocycles. The van der Waals surface area contributed by atoms with Gasteiger partial charge in [0.25, 0.3) is 5.91 Å². The molecule has 0 fully saturated rings. The third-order valence-electron chi connectivity index (χ3n) is 4.45. The number of carbonyl (C=O) groups is 3. The average Bonchev–Trinajstić information content (AvgIpc) is 2.99. The van der Waals surface area contributed by atoms with E-state index in [0.29, 0.717) is 5.56 Å². The van der Waals surface area contributed by atoms with Crippen molar-refractivity contribution in [3.05, 3.63) is 35.0 Å². The summed E-state index contributed by atoms with van der Waals surface area (Å²) in [6, 6.07) is 4.70. The van der Waals surface area contributed by atoms with Crippen LogP contribution in [0.15, 0.2) is 18.2 Å². The summed E-state index contributed by atoms with van der Waals surface area (Å²) in [6.45, 7) is 1.42. The molecule has 1 aliphatic rings. The smallest absolute Gasteiger partial charge is 0.338 e.